The van der Waals surface area contributed by atoms with Gasteiger partial charge in [-0.1, -0.05) is 42.5 Å². The Balaban J connectivity index is 2.26. The van der Waals surface area contributed by atoms with Gasteiger partial charge < -0.3 is 5.11 Å². The Labute approximate surface area is 101 Å². The molecular weight excluding hydrogens is 214 g/mol. The summed E-state index contributed by atoms with van der Waals surface area (Å²) >= 11 is 0. The van der Waals surface area contributed by atoms with E-state index in [9.17, 15) is 5.11 Å². The monoisotopic (exact) mass is 231 g/mol. The topological polar surface area (TPSA) is 50.9 Å². The minimum absolute atomic E-state index is 0.631. The predicted molar refractivity (Wildman–Crippen MR) is 65.4 cm³/mol. The summed E-state index contributed by atoms with van der Waals surface area (Å²) in [4.78, 5) is 0. The minimum atomic E-state index is -0.877. The van der Waals surface area contributed by atoms with Crippen LogP contribution in [0.1, 0.15) is 31.5 Å². The second kappa shape index (κ2) is 4.67. The second-order valence-corrected chi connectivity index (χ2v) is 4.39. The van der Waals surface area contributed by atoms with Gasteiger partial charge in [0.25, 0.3) is 0 Å². The summed E-state index contributed by atoms with van der Waals surface area (Å²) in [6.07, 6.45) is 2.27. The molecule has 0 saturated heterocycles. The van der Waals surface area contributed by atoms with Gasteiger partial charge in [0.05, 0.1) is 18.4 Å². The maximum Gasteiger partial charge on any atom is 0.105 e. The SMILES string of the molecule is CCC(C)(O)c1cnnn1Cc1ccccc1. The fourth-order valence-corrected chi connectivity index (χ4v) is 1.73. The number of aliphatic hydroxyl groups is 1. The van der Waals surface area contributed by atoms with Gasteiger partial charge >= 0.3 is 0 Å². The quantitative estimate of drug-likeness (QED) is 0.875. The summed E-state index contributed by atoms with van der Waals surface area (Å²) in [6.45, 7) is 4.36. The molecule has 0 radical (unpaired) electrons. The molecule has 0 spiro atoms. The summed E-state index contributed by atoms with van der Waals surface area (Å²) in [5.74, 6) is 0. The van der Waals surface area contributed by atoms with Crippen LogP contribution in [-0.2, 0) is 12.1 Å². The summed E-state index contributed by atoms with van der Waals surface area (Å²) in [5, 5.41) is 18.2. The summed E-state index contributed by atoms with van der Waals surface area (Å²) < 4.78 is 1.75. The number of rotatable bonds is 4. The highest BCUT2D eigenvalue weighted by molar-refractivity contribution is 5.16. The van der Waals surface area contributed by atoms with Gasteiger partial charge in [-0.05, 0) is 18.9 Å². The first-order valence-electron chi connectivity index (χ1n) is 5.79. The van der Waals surface area contributed by atoms with E-state index in [1.54, 1.807) is 17.8 Å². The van der Waals surface area contributed by atoms with Crippen molar-refractivity contribution in [3.05, 3.63) is 47.8 Å². The lowest BCUT2D eigenvalue weighted by atomic mass is 10.00. The van der Waals surface area contributed by atoms with Crippen molar-refractivity contribution in [2.24, 2.45) is 0 Å². The average Bonchev–Trinajstić information content (AvgIpc) is 2.79. The molecule has 0 amide bonds. The third kappa shape index (κ3) is 2.53. The highest BCUT2D eigenvalue weighted by Crippen LogP contribution is 2.23. The van der Waals surface area contributed by atoms with E-state index in [1.165, 1.54) is 0 Å². The molecule has 1 atom stereocenters. The lowest BCUT2D eigenvalue weighted by Crippen LogP contribution is -2.24. The van der Waals surface area contributed by atoms with Crippen LogP contribution in [0, 0.1) is 0 Å². The van der Waals surface area contributed by atoms with Crippen LogP contribution in [0.25, 0.3) is 0 Å². The average molecular weight is 231 g/mol. The van der Waals surface area contributed by atoms with Crippen molar-refractivity contribution in [2.45, 2.75) is 32.4 Å². The van der Waals surface area contributed by atoms with Crippen LogP contribution in [0.5, 0.6) is 0 Å². The van der Waals surface area contributed by atoms with Gasteiger partial charge in [-0.15, -0.1) is 5.10 Å². The van der Waals surface area contributed by atoms with Crippen molar-refractivity contribution < 1.29 is 5.11 Å². The normalized spacial score (nSPS) is 14.5. The molecule has 0 bridgehead atoms. The van der Waals surface area contributed by atoms with E-state index in [0.717, 1.165) is 11.3 Å². The maximum absolute atomic E-state index is 10.2. The summed E-state index contributed by atoms with van der Waals surface area (Å²) in [6, 6.07) is 10.0. The van der Waals surface area contributed by atoms with Gasteiger partial charge in [-0.3, -0.25) is 0 Å². The Hall–Kier alpha value is -1.68. The first-order valence-corrected chi connectivity index (χ1v) is 5.79. The fourth-order valence-electron chi connectivity index (χ4n) is 1.73. The third-order valence-electron chi connectivity index (χ3n) is 3.03. The van der Waals surface area contributed by atoms with E-state index in [2.05, 4.69) is 10.3 Å². The number of benzene rings is 1. The van der Waals surface area contributed by atoms with E-state index in [4.69, 9.17) is 0 Å². The molecule has 1 unspecified atom stereocenters. The van der Waals surface area contributed by atoms with Crippen molar-refractivity contribution >= 4 is 0 Å². The third-order valence-corrected chi connectivity index (χ3v) is 3.03. The predicted octanol–water partition coefficient (Wildman–Crippen LogP) is 1.94. The lowest BCUT2D eigenvalue weighted by Gasteiger charge is -2.21. The second-order valence-electron chi connectivity index (χ2n) is 4.39. The molecule has 0 fully saturated rings. The highest BCUT2D eigenvalue weighted by atomic mass is 16.3. The highest BCUT2D eigenvalue weighted by Gasteiger charge is 2.25. The van der Waals surface area contributed by atoms with Crippen LogP contribution in [-0.4, -0.2) is 20.1 Å². The van der Waals surface area contributed by atoms with Crippen LogP contribution in [0.4, 0.5) is 0 Å². The molecule has 0 aliphatic rings. The van der Waals surface area contributed by atoms with Crippen LogP contribution < -0.4 is 0 Å². The first-order chi connectivity index (χ1) is 8.13. The maximum atomic E-state index is 10.2. The van der Waals surface area contributed by atoms with Crippen molar-refractivity contribution in [1.82, 2.24) is 15.0 Å². The van der Waals surface area contributed by atoms with Crippen LogP contribution >= 0.6 is 0 Å². The number of hydrogen-bond donors (Lipinski definition) is 1. The molecule has 90 valence electrons. The molecule has 4 nitrogen and oxygen atoms in total. The van der Waals surface area contributed by atoms with Crippen molar-refractivity contribution in [2.75, 3.05) is 0 Å². The zero-order chi connectivity index (χ0) is 12.3. The molecule has 2 rings (SSSR count). The zero-order valence-corrected chi connectivity index (χ0v) is 10.2. The van der Waals surface area contributed by atoms with Gasteiger partial charge in [0.1, 0.15) is 5.60 Å². The minimum Gasteiger partial charge on any atom is -0.384 e. The van der Waals surface area contributed by atoms with E-state index in [0.29, 0.717) is 13.0 Å². The molecule has 1 aromatic carbocycles. The van der Waals surface area contributed by atoms with Crippen molar-refractivity contribution in [3.63, 3.8) is 0 Å². The molecule has 17 heavy (non-hydrogen) atoms. The van der Waals surface area contributed by atoms with E-state index < -0.39 is 5.60 Å². The Kier molecular flexibility index (Phi) is 3.24. The molecule has 0 aliphatic carbocycles. The summed E-state index contributed by atoms with van der Waals surface area (Å²) in [5.41, 5.74) is 1.02. The van der Waals surface area contributed by atoms with Crippen molar-refractivity contribution in [1.29, 1.82) is 0 Å². The van der Waals surface area contributed by atoms with E-state index in [-0.39, 0.29) is 0 Å². The molecular formula is C13H17N3O. The van der Waals surface area contributed by atoms with Crippen LogP contribution in [0.15, 0.2) is 36.5 Å². The first kappa shape index (κ1) is 11.8. The summed E-state index contributed by atoms with van der Waals surface area (Å²) in [7, 11) is 0. The Bertz CT molecular complexity index is 476. The van der Waals surface area contributed by atoms with E-state index in [1.807, 2.05) is 37.3 Å². The van der Waals surface area contributed by atoms with Crippen molar-refractivity contribution in [3.8, 4) is 0 Å². The van der Waals surface area contributed by atoms with Gasteiger partial charge in [-0.25, -0.2) is 4.68 Å². The lowest BCUT2D eigenvalue weighted by molar-refractivity contribution is 0.0439. The zero-order valence-electron chi connectivity index (χ0n) is 10.2. The molecule has 1 aromatic heterocycles. The number of aromatic nitrogens is 3. The number of nitrogens with zero attached hydrogens (tertiary/aromatic N) is 3. The number of hydrogen-bond acceptors (Lipinski definition) is 3. The Morgan fingerprint density at radius 2 is 2.00 bits per heavy atom. The molecule has 1 heterocycles. The Morgan fingerprint density at radius 3 is 2.65 bits per heavy atom. The molecule has 4 heteroatoms. The molecule has 1 N–H and O–H groups in total. The largest absolute Gasteiger partial charge is 0.384 e. The molecule has 0 saturated carbocycles. The molecule has 0 aliphatic heterocycles. The van der Waals surface area contributed by atoms with Crippen LogP contribution in [0.2, 0.25) is 0 Å². The van der Waals surface area contributed by atoms with Gasteiger partial charge in [0.15, 0.2) is 0 Å². The van der Waals surface area contributed by atoms with E-state index >= 15 is 0 Å². The smallest absolute Gasteiger partial charge is 0.105 e. The van der Waals surface area contributed by atoms with Gasteiger partial charge in [-0.2, -0.15) is 0 Å². The fraction of sp³-hybridized carbons (Fsp3) is 0.385. The van der Waals surface area contributed by atoms with Crippen LogP contribution in [0.3, 0.4) is 0 Å². The van der Waals surface area contributed by atoms with Gasteiger partial charge in [0, 0.05) is 0 Å². The molecule has 2 aromatic rings. The Morgan fingerprint density at radius 1 is 1.29 bits per heavy atom. The standard InChI is InChI=1S/C13H17N3O/c1-3-13(2,17)12-9-14-15-16(12)10-11-7-5-4-6-8-11/h4-9,17H,3,10H2,1-2H3. The van der Waals surface area contributed by atoms with Gasteiger partial charge in [0.2, 0.25) is 0 Å².